The number of pyridine rings is 1. The molecule has 0 amide bonds. The number of sulfonamides is 1. The molecule has 1 aromatic heterocycles. The summed E-state index contributed by atoms with van der Waals surface area (Å²) in [6, 6.07) is 1.48. The molecular formula is C9H11BrN2O4S. The first-order chi connectivity index (χ1) is 7.94. The zero-order valence-corrected chi connectivity index (χ0v) is 11.4. The molecule has 0 radical (unpaired) electrons. The number of nitrogens with zero attached hydrogens (tertiary/aromatic N) is 1. The van der Waals surface area contributed by atoms with Crippen molar-refractivity contribution in [3.63, 3.8) is 0 Å². The number of esters is 1. The Kier molecular flexibility index (Phi) is 4.88. The smallest absolute Gasteiger partial charge is 0.323 e. The average molecular weight is 323 g/mol. The maximum atomic E-state index is 11.6. The second-order valence-electron chi connectivity index (χ2n) is 3.02. The lowest BCUT2D eigenvalue weighted by Crippen LogP contribution is -2.24. The Balaban J connectivity index is 2.74. The van der Waals surface area contributed by atoms with Gasteiger partial charge in [0.25, 0.3) is 0 Å². The lowest BCUT2D eigenvalue weighted by atomic mass is 10.4. The molecule has 0 aromatic carbocycles. The number of carbonyl (C=O) groups excluding carboxylic acids is 1. The Hall–Kier alpha value is -1.15. The fourth-order valence-electron chi connectivity index (χ4n) is 1.02. The summed E-state index contributed by atoms with van der Waals surface area (Å²) in [5.74, 6) is -1.50. The van der Waals surface area contributed by atoms with Crippen molar-refractivity contribution in [2.45, 2.75) is 6.92 Å². The lowest BCUT2D eigenvalue weighted by Gasteiger charge is -2.08. The molecular weight excluding hydrogens is 312 g/mol. The van der Waals surface area contributed by atoms with E-state index in [1.807, 2.05) is 0 Å². The summed E-state index contributed by atoms with van der Waals surface area (Å²) in [5, 5.41) is 0. The predicted molar refractivity (Wildman–Crippen MR) is 66.0 cm³/mol. The molecule has 0 saturated carbocycles. The molecule has 0 unspecified atom stereocenters. The molecule has 8 heteroatoms. The Morgan fingerprint density at radius 1 is 1.59 bits per heavy atom. The molecule has 0 fully saturated rings. The Morgan fingerprint density at radius 2 is 2.29 bits per heavy atom. The molecule has 0 bridgehead atoms. The van der Waals surface area contributed by atoms with E-state index < -0.39 is 21.7 Å². The summed E-state index contributed by atoms with van der Waals surface area (Å²) < 4.78 is 30.5. The first kappa shape index (κ1) is 13.9. The van der Waals surface area contributed by atoms with E-state index in [1.54, 1.807) is 6.92 Å². The standard InChI is InChI=1S/C9H11BrN2O4S/c1-2-16-9(13)6-17(14,15)12-8-3-4-11-5-7(8)10/h3-5H,2,6H2,1H3,(H,11,12). The number of ether oxygens (including phenoxy) is 1. The summed E-state index contributed by atoms with van der Waals surface area (Å²) in [4.78, 5) is 14.9. The summed E-state index contributed by atoms with van der Waals surface area (Å²) in [6.07, 6.45) is 2.88. The van der Waals surface area contributed by atoms with E-state index in [0.717, 1.165) is 0 Å². The van der Waals surface area contributed by atoms with Crippen molar-refractivity contribution in [2.24, 2.45) is 0 Å². The van der Waals surface area contributed by atoms with Crippen molar-refractivity contribution in [2.75, 3.05) is 17.1 Å². The number of anilines is 1. The van der Waals surface area contributed by atoms with Crippen molar-refractivity contribution in [3.05, 3.63) is 22.9 Å². The van der Waals surface area contributed by atoms with Gasteiger partial charge >= 0.3 is 5.97 Å². The summed E-state index contributed by atoms with van der Waals surface area (Å²) >= 11 is 3.14. The molecule has 1 N–H and O–H groups in total. The van der Waals surface area contributed by atoms with Gasteiger partial charge < -0.3 is 4.74 Å². The van der Waals surface area contributed by atoms with Crippen LogP contribution in [-0.2, 0) is 19.6 Å². The average Bonchev–Trinajstić information content (AvgIpc) is 2.20. The van der Waals surface area contributed by atoms with E-state index in [2.05, 4.69) is 30.4 Å². The van der Waals surface area contributed by atoms with Gasteiger partial charge in [0.1, 0.15) is 0 Å². The largest absolute Gasteiger partial charge is 0.465 e. The lowest BCUT2D eigenvalue weighted by molar-refractivity contribution is -0.139. The number of nitrogens with one attached hydrogen (secondary N) is 1. The molecule has 1 heterocycles. The third-order valence-corrected chi connectivity index (χ3v) is 3.43. The highest BCUT2D eigenvalue weighted by atomic mass is 79.9. The molecule has 0 atom stereocenters. The molecule has 6 nitrogen and oxygen atoms in total. The van der Waals surface area contributed by atoms with Crippen LogP contribution in [0.3, 0.4) is 0 Å². The van der Waals surface area contributed by atoms with Crippen LogP contribution < -0.4 is 4.72 Å². The quantitative estimate of drug-likeness (QED) is 0.822. The van der Waals surface area contributed by atoms with Gasteiger partial charge in [-0.05, 0) is 28.9 Å². The van der Waals surface area contributed by atoms with Crippen LogP contribution in [0.25, 0.3) is 0 Å². The third-order valence-electron chi connectivity index (χ3n) is 1.65. The minimum atomic E-state index is -3.76. The topological polar surface area (TPSA) is 85.4 Å². The number of hydrogen-bond donors (Lipinski definition) is 1. The summed E-state index contributed by atoms with van der Waals surface area (Å²) in [5.41, 5.74) is 0.323. The van der Waals surface area contributed by atoms with E-state index >= 15 is 0 Å². The minimum absolute atomic E-state index is 0.146. The highest BCUT2D eigenvalue weighted by Gasteiger charge is 2.18. The van der Waals surface area contributed by atoms with E-state index in [-0.39, 0.29) is 6.61 Å². The van der Waals surface area contributed by atoms with Gasteiger partial charge in [-0.2, -0.15) is 0 Å². The van der Waals surface area contributed by atoms with Crippen molar-refractivity contribution < 1.29 is 17.9 Å². The monoisotopic (exact) mass is 322 g/mol. The van der Waals surface area contributed by atoms with E-state index in [9.17, 15) is 13.2 Å². The van der Waals surface area contributed by atoms with Gasteiger partial charge in [0, 0.05) is 12.4 Å². The zero-order chi connectivity index (χ0) is 12.9. The number of carbonyl (C=O) groups is 1. The molecule has 0 aliphatic rings. The van der Waals surface area contributed by atoms with Gasteiger partial charge in [-0.3, -0.25) is 14.5 Å². The summed E-state index contributed by atoms with van der Waals surface area (Å²) in [6.45, 7) is 1.75. The SMILES string of the molecule is CCOC(=O)CS(=O)(=O)Nc1ccncc1Br. The fourth-order valence-corrected chi connectivity index (χ4v) is 2.48. The van der Waals surface area contributed by atoms with Crippen LogP contribution in [0.4, 0.5) is 5.69 Å². The van der Waals surface area contributed by atoms with Crippen molar-refractivity contribution in [1.82, 2.24) is 4.98 Å². The van der Waals surface area contributed by atoms with Crippen molar-refractivity contribution >= 4 is 37.6 Å². The second-order valence-corrected chi connectivity index (χ2v) is 5.60. The second kappa shape index (κ2) is 5.97. The van der Waals surface area contributed by atoms with Crippen LogP contribution in [0.2, 0.25) is 0 Å². The molecule has 1 rings (SSSR count). The van der Waals surface area contributed by atoms with Crippen LogP contribution in [-0.4, -0.2) is 31.7 Å². The van der Waals surface area contributed by atoms with Gasteiger partial charge in [-0.15, -0.1) is 0 Å². The molecule has 94 valence electrons. The van der Waals surface area contributed by atoms with E-state index in [0.29, 0.717) is 10.2 Å². The Bertz CT molecular complexity index is 503. The molecule has 17 heavy (non-hydrogen) atoms. The molecule has 0 aliphatic heterocycles. The van der Waals surface area contributed by atoms with Gasteiger partial charge in [0.2, 0.25) is 10.0 Å². The van der Waals surface area contributed by atoms with Gasteiger partial charge in [-0.25, -0.2) is 8.42 Å². The number of halogens is 1. The van der Waals surface area contributed by atoms with Crippen LogP contribution in [0.15, 0.2) is 22.9 Å². The van der Waals surface area contributed by atoms with Crippen LogP contribution >= 0.6 is 15.9 Å². The van der Waals surface area contributed by atoms with Crippen molar-refractivity contribution in [1.29, 1.82) is 0 Å². The Labute approximate surface area is 108 Å². The number of hydrogen-bond acceptors (Lipinski definition) is 5. The Morgan fingerprint density at radius 3 is 2.88 bits per heavy atom. The van der Waals surface area contributed by atoms with Gasteiger partial charge in [0.05, 0.1) is 16.8 Å². The number of rotatable bonds is 5. The van der Waals surface area contributed by atoms with Crippen LogP contribution in [0.5, 0.6) is 0 Å². The van der Waals surface area contributed by atoms with Gasteiger partial charge in [-0.1, -0.05) is 0 Å². The van der Waals surface area contributed by atoms with Crippen LogP contribution in [0.1, 0.15) is 6.92 Å². The van der Waals surface area contributed by atoms with Gasteiger partial charge in [0.15, 0.2) is 5.75 Å². The highest BCUT2D eigenvalue weighted by molar-refractivity contribution is 9.10. The third kappa shape index (κ3) is 4.70. The maximum Gasteiger partial charge on any atom is 0.323 e. The molecule has 0 aliphatic carbocycles. The highest BCUT2D eigenvalue weighted by Crippen LogP contribution is 2.21. The zero-order valence-electron chi connectivity index (χ0n) is 9.01. The normalized spacial score (nSPS) is 10.9. The maximum absolute atomic E-state index is 11.6. The van der Waals surface area contributed by atoms with E-state index in [1.165, 1.54) is 18.5 Å². The number of aromatic nitrogens is 1. The predicted octanol–water partition coefficient (Wildman–Crippen LogP) is 1.15. The first-order valence-corrected chi connectivity index (χ1v) is 7.15. The summed E-state index contributed by atoms with van der Waals surface area (Å²) in [7, 11) is -3.76. The fraction of sp³-hybridized carbons (Fsp3) is 0.333. The molecule has 0 saturated heterocycles. The van der Waals surface area contributed by atoms with Crippen LogP contribution in [0, 0.1) is 0 Å². The van der Waals surface area contributed by atoms with Crippen molar-refractivity contribution in [3.8, 4) is 0 Å². The minimum Gasteiger partial charge on any atom is -0.465 e. The first-order valence-electron chi connectivity index (χ1n) is 4.70. The molecule has 1 aromatic rings. The van der Waals surface area contributed by atoms with E-state index in [4.69, 9.17) is 0 Å². The molecule has 0 spiro atoms.